The van der Waals surface area contributed by atoms with Crippen molar-refractivity contribution in [3.63, 3.8) is 0 Å². The van der Waals surface area contributed by atoms with Gasteiger partial charge in [-0.25, -0.2) is 4.79 Å². The van der Waals surface area contributed by atoms with Gasteiger partial charge in [-0.2, -0.15) is 0 Å². The Bertz CT molecular complexity index is 984. The summed E-state index contributed by atoms with van der Waals surface area (Å²) in [6.07, 6.45) is 11.2. The molecule has 0 saturated carbocycles. The number of nitrogens with one attached hydrogen (secondary N) is 3. The molecule has 1 aliphatic heterocycles. The van der Waals surface area contributed by atoms with E-state index in [1.54, 1.807) is 0 Å². The average Bonchev–Trinajstić information content (AvgIpc) is 3.04. The molecule has 1 saturated heterocycles. The number of amides is 3. The molecular weight excluding hydrogens is 642 g/mol. The number of hydrogen-bond donors (Lipinski definition) is 7. The van der Waals surface area contributed by atoms with Crippen LogP contribution in [0.1, 0.15) is 124 Å². The molecule has 7 N–H and O–H groups in total. The van der Waals surface area contributed by atoms with E-state index >= 15 is 0 Å². The summed E-state index contributed by atoms with van der Waals surface area (Å²) in [5.74, 6) is -4.76. The van der Waals surface area contributed by atoms with Gasteiger partial charge in [-0.15, -0.1) is 0 Å². The van der Waals surface area contributed by atoms with Crippen molar-refractivity contribution < 1.29 is 58.6 Å². The molecule has 1 aliphatic rings. The van der Waals surface area contributed by atoms with E-state index in [4.69, 9.17) is 19.3 Å². The lowest BCUT2D eigenvalue weighted by atomic mass is 9.96. The van der Waals surface area contributed by atoms with E-state index in [2.05, 4.69) is 22.9 Å². The monoisotopic (exact) mass is 703 g/mol. The Balaban J connectivity index is 2.56. The normalized spacial score (nSPS) is 21.8. The lowest BCUT2D eigenvalue weighted by Crippen LogP contribution is -2.65. The van der Waals surface area contributed by atoms with Crippen LogP contribution in [0.4, 0.5) is 0 Å². The first-order valence-corrected chi connectivity index (χ1v) is 17.9. The third-order valence-corrected chi connectivity index (χ3v) is 8.44. The number of unbranched alkanes of at least 4 members (excludes halogenated alkanes) is 13. The molecule has 0 aliphatic carbocycles. The predicted octanol–water partition coefficient (Wildman–Crippen LogP) is 2.39. The SMILES string of the molecule is CCCCCCCCCCCCCCCCO[C@@H]1O[C@H](CO)[C@@H](O)[C@H](OCC(=O)N[C@@H](C)C(=O)N[C@H](CCC(=O)O)C(=O)O)[C@H]1NC(C)=O. The van der Waals surface area contributed by atoms with Crippen molar-refractivity contribution in [2.45, 2.75) is 166 Å². The minimum absolute atomic E-state index is 0.302. The fourth-order valence-corrected chi connectivity index (χ4v) is 5.64. The second kappa shape index (κ2) is 26.0. The highest BCUT2D eigenvalue weighted by Gasteiger charge is 2.47. The molecule has 284 valence electrons. The summed E-state index contributed by atoms with van der Waals surface area (Å²) in [4.78, 5) is 59.3. The quantitative estimate of drug-likeness (QED) is 0.0583. The van der Waals surface area contributed by atoms with Crippen molar-refractivity contribution in [3.05, 3.63) is 0 Å². The number of aliphatic carboxylic acids is 2. The summed E-state index contributed by atoms with van der Waals surface area (Å²) in [5, 5.41) is 45.9. The van der Waals surface area contributed by atoms with Crippen LogP contribution in [0.25, 0.3) is 0 Å². The van der Waals surface area contributed by atoms with Crippen LogP contribution >= 0.6 is 0 Å². The van der Waals surface area contributed by atoms with Crippen molar-refractivity contribution in [3.8, 4) is 0 Å². The molecule has 1 fully saturated rings. The van der Waals surface area contributed by atoms with Crippen LogP contribution in [-0.2, 0) is 38.2 Å². The standard InChI is InChI=1S/C34H61N3O12/c1-4-5-6-7-8-9-10-11-12-13-14-15-16-17-20-47-34-29(36-24(3)39)31(30(43)26(21-38)49-34)48-22-27(40)35-23(2)32(44)37-25(33(45)46)18-19-28(41)42/h23,25-26,29-31,34,38,43H,4-22H2,1-3H3,(H,35,40)(H,36,39)(H,37,44)(H,41,42)(H,45,46)/t23-,25+,26+,29+,30+,31+,34+/m0/s1. The van der Waals surface area contributed by atoms with Gasteiger partial charge in [0.05, 0.1) is 6.61 Å². The number of ether oxygens (including phenoxy) is 3. The van der Waals surface area contributed by atoms with Crippen LogP contribution in [-0.4, -0.2) is 113 Å². The molecule has 3 amide bonds. The number of carboxylic acids is 2. The van der Waals surface area contributed by atoms with Gasteiger partial charge in [0.15, 0.2) is 6.29 Å². The smallest absolute Gasteiger partial charge is 0.326 e. The van der Waals surface area contributed by atoms with E-state index in [0.29, 0.717) is 6.61 Å². The third kappa shape index (κ3) is 19.2. The van der Waals surface area contributed by atoms with Gasteiger partial charge >= 0.3 is 11.9 Å². The number of carbonyl (C=O) groups excluding carboxylic acids is 3. The molecular formula is C34H61N3O12. The molecule has 49 heavy (non-hydrogen) atoms. The van der Waals surface area contributed by atoms with Crippen LogP contribution in [0.5, 0.6) is 0 Å². The van der Waals surface area contributed by atoms with E-state index in [-0.39, 0.29) is 6.42 Å². The average molecular weight is 704 g/mol. The van der Waals surface area contributed by atoms with E-state index < -0.39 is 92.0 Å². The number of aliphatic hydroxyl groups excluding tert-OH is 2. The summed E-state index contributed by atoms with van der Waals surface area (Å²) in [7, 11) is 0. The maximum Gasteiger partial charge on any atom is 0.326 e. The topological polar surface area (TPSA) is 230 Å². The van der Waals surface area contributed by atoms with Crippen molar-refractivity contribution in [1.82, 2.24) is 16.0 Å². The fourth-order valence-electron chi connectivity index (χ4n) is 5.64. The molecule has 15 heteroatoms. The zero-order valence-electron chi connectivity index (χ0n) is 29.5. The minimum Gasteiger partial charge on any atom is -0.481 e. The van der Waals surface area contributed by atoms with Crippen LogP contribution in [0.15, 0.2) is 0 Å². The van der Waals surface area contributed by atoms with Crippen molar-refractivity contribution in [2.24, 2.45) is 0 Å². The predicted molar refractivity (Wildman–Crippen MR) is 179 cm³/mol. The zero-order valence-corrected chi connectivity index (χ0v) is 29.5. The summed E-state index contributed by atoms with van der Waals surface area (Å²) in [6.45, 7) is 3.85. The summed E-state index contributed by atoms with van der Waals surface area (Å²) >= 11 is 0. The Morgan fingerprint density at radius 2 is 1.37 bits per heavy atom. The van der Waals surface area contributed by atoms with E-state index in [9.17, 15) is 39.3 Å². The maximum absolute atomic E-state index is 12.6. The Morgan fingerprint density at radius 1 is 0.816 bits per heavy atom. The summed E-state index contributed by atoms with van der Waals surface area (Å²) in [6, 6.07) is -3.70. The first kappa shape index (κ1) is 44.2. The van der Waals surface area contributed by atoms with Crippen LogP contribution < -0.4 is 16.0 Å². The highest BCUT2D eigenvalue weighted by atomic mass is 16.7. The highest BCUT2D eigenvalue weighted by Crippen LogP contribution is 2.25. The van der Waals surface area contributed by atoms with E-state index in [1.165, 1.54) is 78.1 Å². The molecule has 0 spiro atoms. The molecule has 1 heterocycles. The van der Waals surface area contributed by atoms with E-state index in [0.717, 1.165) is 25.7 Å². The first-order chi connectivity index (χ1) is 23.4. The zero-order chi connectivity index (χ0) is 36.6. The van der Waals surface area contributed by atoms with Crippen molar-refractivity contribution >= 4 is 29.7 Å². The fraction of sp³-hybridized carbons (Fsp3) is 0.853. The van der Waals surface area contributed by atoms with Crippen molar-refractivity contribution in [1.29, 1.82) is 0 Å². The molecule has 0 aromatic carbocycles. The van der Waals surface area contributed by atoms with Crippen molar-refractivity contribution in [2.75, 3.05) is 19.8 Å². The van der Waals surface area contributed by atoms with Gasteiger partial charge in [0.25, 0.3) is 0 Å². The maximum atomic E-state index is 12.6. The van der Waals surface area contributed by atoms with Gasteiger partial charge in [-0.05, 0) is 19.8 Å². The van der Waals surface area contributed by atoms with Crippen LogP contribution in [0.2, 0.25) is 0 Å². The molecule has 7 atom stereocenters. The third-order valence-electron chi connectivity index (χ3n) is 8.44. The molecule has 0 aromatic rings. The number of aliphatic hydroxyl groups is 2. The van der Waals surface area contributed by atoms with Crippen LogP contribution in [0, 0.1) is 0 Å². The first-order valence-electron chi connectivity index (χ1n) is 17.9. The van der Waals surface area contributed by atoms with Gasteiger partial charge in [-0.3, -0.25) is 19.2 Å². The van der Waals surface area contributed by atoms with Gasteiger partial charge < -0.3 is 50.6 Å². The number of rotatable bonds is 28. The number of carbonyl (C=O) groups is 5. The molecule has 0 radical (unpaired) electrons. The van der Waals surface area contributed by atoms with Gasteiger partial charge in [0.2, 0.25) is 17.7 Å². The van der Waals surface area contributed by atoms with E-state index in [1.807, 2.05) is 0 Å². The number of carboxylic acid groups (broad SMARTS) is 2. The van der Waals surface area contributed by atoms with Gasteiger partial charge in [0, 0.05) is 20.0 Å². The summed E-state index contributed by atoms with van der Waals surface area (Å²) in [5.41, 5.74) is 0. The lowest BCUT2D eigenvalue weighted by molar-refractivity contribution is -0.276. The molecule has 0 aromatic heterocycles. The summed E-state index contributed by atoms with van der Waals surface area (Å²) < 4.78 is 17.4. The number of hydrogen-bond acceptors (Lipinski definition) is 10. The lowest BCUT2D eigenvalue weighted by Gasteiger charge is -2.44. The second-order valence-corrected chi connectivity index (χ2v) is 12.8. The van der Waals surface area contributed by atoms with Gasteiger partial charge in [0.1, 0.15) is 43.0 Å². The highest BCUT2D eigenvalue weighted by molar-refractivity contribution is 5.90. The second-order valence-electron chi connectivity index (χ2n) is 12.8. The molecule has 0 unspecified atom stereocenters. The van der Waals surface area contributed by atoms with Crippen LogP contribution in [0.3, 0.4) is 0 Å². The molecule has 15 nitrogen and oxygen atoms in total. The Labute approximate surface area is 290 Å². The Kier molecular flexibility index (Phi) is 23.5. The molecule has 1 rings (SSSR count). The Morgan fingerprint density at radius 3 is 1.86 bits per heavy atom. The Hall–Kier alpha value is -2.85. The minimum atomic E-state index is -1.47. The van der Waals surface area contributed by atoms with Gasteiger partial charge in [-0.1, -0.05) is 90.4 Å². The molecule has 0 bridgehead atoms. The largest absolute Gasteiger partial charge is 0.481 e.